The predicted octanol–water partition coefficient (Wildman–Crippen LogP) is 2.89. The molecule has 102 valence electrons. The summed E-state index contributed by atoms with van der Waals surface area (Å²) >= 11 is 0. The molecule has 3 aromatic rings. The molecule has 0 spiro atoms. The van der Waals surface area contributed by atoms with Gasteiger partial charge in [0.2, 0.25) is 0 Å². The van der Waals surface area contributed by atoms with Gasteiger partial charge in [-0.15, -0.1) is 6.42 Å². The third-order valence-electron chi connectivity index (χ3n) is 3.02. The maximum atomic E-state index is 5.75. The van der Waals surface area contributed by atoms with E-state index in [9.17, 15) is 0 Å². The van der Waals surface area contributed by atoms with Crippen LogP contribution in [0.1, 0.15) is 0 Å². The molecule has 4 heteroatoms. The number of nitrogen functional groups attached to an aromatic ring is 1. The molecule has 4 nitrogen and oxygen atoms in total. The Morgan fingerprint density at radius 1 is 1.19 bits per heavy atom. The van der Waals surface area contributed by atoms with E-state index < -0.39 is 0 Å². The summed E-state index contributed by atoms with van der Waals surface area (Å²) in [5.41, 5.74) is 8.18. The smallest absolute Gasteiger partial charge is 0.159 e. The summed E-state index contributed by atoms with van der Waals surface area (Å²) in [6.07, 6.45) is 6.96. The molecule has 0 saturated heterocycles. The van der Waals surface area contributed by atoms with E-state index in [-0.39, 0.29) is 6.61 Å². The van der Waals surface area contributed by atoms with Gasteiger partial charge >= 0.3 is 0 Å². The first kappa shape index (κ1) is 12.9. The van der Waals surface area contributed by atoms with Crippen LogP contribution >= 0.6 is 0 Å². The summed E-state index contributed by atoms with van der Waals surface area (Å²) in [4.78, 5) is 8.92. The third kappa shape index (κ3) is 2.77. The Hall–Kier alpha value is -3.06. The van der Waals surface area contributed by atoms with Crippen molar-refractivity contribution in [1.29, 1.82) is 0 Å². The first-order valence-corrected chi connectivity index (χ1v) is 6.45. The lowest BCUT2D eigenvalue weighted by atomic mass is 10.2. The normalized spacial score (nSPS) is 10.2. The number of nitrogens with zero attached hydrogens (tertiary/aromatic N) is 2. The van der Waals surface area contributed by atoms with E-state index in [0.717, 1.165) is 16.5 Å². The van der Waals surface area contributed by atoms with Gasteiger partial charge < -0.3 is 10.5 Å². The fourth-order valence-corrected chi connectivity index (χ4v) is 2.04. The van der Waals surface area contributed by atoms with Gasteiger partial charge in [0, 0.05) is 22.8 Å². The monoisotopic (exact) mass is 275 g/mol. The highest BCUT2D eigenvalue weighted by Crippen LogP contribution is 2.23. The lowest BCUT2D eigenvalue weighted by Crippen LogP contribution is -1.95. The lowest BCUT2D eigenvalue weighted by Gasteiger charge is -2.06. The Balaban J connectivity index is 2.00. The number of hydrogen-bond donors (Lipinski definition) is 1. The summed E-state index contributed by atoms with van der Waals surface area (Å²) in [5, 5.41) is 0.915. The van der Waals surface area contributed by atoms with Gasteiger partial charge in [0.25, 0.3) is 0 Å². The van der Waals surface area contributed by atoms with Gasteiger partial charge in [0.1, 0.15) is 12.4 Å². The minimum absolute atomic E-state index is 0.237. The molecule has 0 fully saturated rings. The number of aromatic nitrogens is 2. The molecule has 21 heavy (non-hydrogen) atoms. The van der Waals surface area contributed by atoms with Crippen molar-refractivity contribution in [1.82, 2.24) is 9.97 Å². The first-order valence-electron chi connectivity index (χ1n) is 6.45. The topological polar surface area (TPSA) is 61.0 Å². The number of anilines is 1. The summed E-state index contributed by atoms with van der Waals surface area (Å²) < 4.78 is 5.41. The number of benzene rings is 2. The molecule has 0 radical (unpaired) electrons. The Labute approximate surface area is 122 Å². The highest BCUT2D eigenvalue weighted by Gasteiger charge is 2.05. The van der Waals surface area contributed by atoms with E-state index >= 15 is 0 Å². The molecule has 1 heterocycles. The number of rotatable bonds is 3. The van der Waals surface area contributed by atoms with Gasteiger partial charge in [-0.25, -0.2) is 9.97 Å². The van der Waals surface area contributed by atoms with Crippen molar-refractivity contribution < 1.29 is 4.74 Å². The van der Waals surface area contributed by atoms with Crippen molar-refractivity contribution in [3.63, 3.8) is 0 Å². The number of ether oxygens (including phenoxy) is 1. The molecule has 2 N–H and O–H groups in total. The van der Waals surface area contributed by atoms with Crippen LogP contribution in [0.25, 0.3) is 22.3 Å². The van der Waals surface area contributed by atoms with Gasteiger partial charge in [0.15, 0.2) is 5.82 Å². The number of nitrogens with two attached hydrogens (primary N) is 1. The molecule has 0 bridgehead atoms. The Morgan fingerprint density at radius 3 is 2.95 bits per heavy atom. The first-order chi connectivity index (χ1) is 10.3. The molecule has 0 aliphatic carbocycles. The van der Waals surface area contributed by atoms with Crippen LogP contribution < -0.4 is 10.5 Å². The van der Waals surface area contributed by atoms with E-state index in [4.69, 9.17) is 16.9 Å². The predicted molar refractivity (Wildman–Crippen MR) is 83.7 cm³/mol. The number of fused-ring (bicyclic) bond motifs is 1. The molecule has 0 aliphatic heterocycles. The average Bonchev–Trinajstić information content (AvgIpc) is 2.52. The Kier molecular flexibility index (Phi) is 3.40. The minimum Gasteiger partial charge on any atom is -0.481 e. The van der Waals surface area contributed by atoms with Crippen molar-refractivity contribution in [3.8, 4) is 29.5 Å². The zero-order valence-electron chi connectivity index (χ0n) is 11.3. The van der Waals surface area contributed by atoms with E-state index in [1.165, 1.54) is 0 Å². The zero-order chi connectivity index (χ0) is 14.7. The van der Waals surface area contributed by atoms with Gasteiger partial charge in [-0.2, -0.15) is 0 Å². The molecular formula is C17H13N3O. The summed E-state index contributed by atoms with van der Waals surface area (Å²) in [5.74, 6) is 3.78. The van der Waals surface area contributed by atoms with Gasteiger partial charge in [-0.3, -0.25) is 0 Å². The molecule has 0 atom stereocenters. The van der Waals surface area contributed by atoms with Crippen LogP contribution in [0.5, 0.6) is 5.75 Å². The largest absolute Gasteiger partial charge is 0.481 e. The van der Waals surface area contributed by atoms with Crippen molar-refractivity contribution in [2.75, 3.05) is 12.3 Å². The second-order valence-corrected chi connectivity index (χ2v) is 4.53. The van der Waals surface area contributed by atoms with Crippen LogP contribution in [-0.4, -0.2) is 16.6 Å². The Morgan fingerprint density at radius 2 is 2.10 bits per heavy atom. The van der Waals surface area contributed by atoms with E-state index in [1.54, 1.807) is 6.20 Å². The average molecular weight is 275 g/mol. The third-order valence-corrected chi connectivity index (χ3v) is 3.02. The fourth-order valence-electron chi connectivity index (χ4n) is 2.04. The molecule has 0 aliphatic rings. The highest BCUT2D eigenvalue weighted by molar-refractivity contribution is 5.82. The second kappa shape index (κ2) is 5.51. The van der Waals surface area contributed by atoms with Crippen LogP contribution in [-0.2, 0) is 0 Å². The molecule has 1 aromatic heterocycles. The highest BCUT2D eigenvalue weighted by atomic mass is 16.5. The van der Waals surface area contributed by atoms with Crippen LogP contribution in [0.15, 0.2) is 48.7 Å². The van der Waals surface area contributed by atoms with E-state index in [1.807, 2.05) is 42.5 Å². The SMILES string of the molecule is C#CCOc1cccc(-c2ncc3cc(N)ccc3n2)c1. The summed E-state index contributed by atoms with van der Waals surface area (Å²) in [6, 6.07) is 13.1. The standard InChI is InChI=1S/C17H13N3O/c1-2-8-21-15-5-3-4-12(10-15)17-19-11-13-9-14(18)6-7-16(13)20-17/h1,3-7,9-11H,8,18H2. The van der Waals surface area contributed by atoms with Gasteiger partial charge in [0.05, 0.1) is 5.52 Å². The molecular weight excluding hydrogens is 262 g/mol. The van der Waals surface area contributed by atoms with E-state index in [2.05, 4.69) is 15.9 Å². The van der Waals surface area contributed by atoms with Crippen LogP contribution in [0.2, 0.25) is 0 Å². The molecule has 2 aromatic carbocycles. The molecule has 3 rings (SSSR count). The Bertz CT molecular complexity index is 837. The summed E-state index contributed by atoms with van der Waals surface area (Å²) in [7, 11) is 0. The lowest BCUT2D eigenvalue weighted by molar-refractivity contribution is 0.370. The van der Waals surface area contributed by atoms with Crippen LogP contribution in [0.4, 0.5) is 5.69 Å². The van der Waals surface area contributed by atoms with Gasteiger partial charge in [-0.05, 0) is 30.3 Å². The second-order valence-electron chi connectivity index (χ2n) is 4.53. The number of terminal acetylenes is 1. The van der Waals surface area contributed by atoms with Gasteiger partial charge in [-0.1, -0.05) is 18.1 Å². The van der Waals surface area contributed by atoms with E-state index in [0.29, 0.717) is 17.3 Å². The maximum absolute atomic E-state index is 5.75. The number of hydrogen-bond acceptors (Lipinski definition) is 4. The maximum Gasteiger partial charge on any atom is 0.159 e. The van der Waals surface area contributed by atoms with Crippen molar-refractivity contribution in [3.05, 3.63) is 48.7 Å². The van der Waals surface area contributed by atoms with Crippen LogP contribution in [0, 0.1) is 12.3 Å². The van der Waals surface area contributed by atoms with Crippen molar-refractivity contribution >= 4 is 16.6 Å². The van der Waals surface area contributed by atoms with Crippen molar-refractivity contribution in [2.24, 2.45) is 0 Å². The molecule has 0 unspecified atom stereocenters. The molecule has 0 amide bonds. The van der Waals surface area contributed by atoms with Crippen LogP contribution in [0.3, 0.4) is 0 Å². The quantitative estimate of drug-likeness (QED) is 0.589. The van der Waals surface area contributed by atoms with Crippen molar-refractivity contribution in [2.45, 2.75) is 0 Å². The fraction of sp³-hybridized carbons (Fsp3) is 0.0588. The summed E-state index contributed by atoms with van der Waals surface area (Å²) in [6.45, 7) is 0.237. The minimum atomic E-state index is 0.237. The molecule has 0 saturated carbocycles. The zero-order valence-corrected chi connectivity index (χ0v) is 11.3.